The number of aryl methyl sites for hydroxylation is 1. The molecule has 0 unspecified atom stereocenters. The molecule has 6 heteroatoms. The van der Waals surface area contributed by atoms with Gasteiger partial charge in [0.15, 0.2) is 0 Å². The summed E-state index contributed by atoms with van der Waals surface area (Å²) in [6.07, 6.45) is 4.28. The van der Waals surface area contributed by atoms with Crippen molar-refractivity contribution in [2.45, 2.75) is 63.6 Å². The summed E-state index contributed by atoms with van der Waals surface area (Å²) in [6, 6.07) is 3.65. The van der Waals surface area contributed by atoms with Crippen LogP contribution in [0.25, 0.3) is 0 Å². The summed E-state index contributed by atoms with van der Waals surface area (Å²) >= 11 is 0. The van der Waals surface area contributed by atoms with E-state index in [4.69, 9.17) is 4.74 Å². The quantitative estimate of drug-likeness (QED) is 0.848. The summed E-state index contributed by atoms with van der Waals surface area (Å²) in [5.74, 6) is 0.412. The summed E-state index contributed by atoms with van der Waals surface area (Å²) in [5.41, 5.74) is 0.523. The van der Waals surface area contributed by atoms with Gasteiger partial charge >= 0.3 is 6.09 Å². The number of rotatable bonds is 3. The zero-order chi connectivity index (χ0) is 17.0. The predicted octanol–water partition coefficient (Wildman–Crippen LogP) is 3.29. The van der Waals surface area contributed by atoms with Gasteiger partial charge in [0.05, 0.1) is 16.6 Å². The molecule has 2 atom stereocenters. The van der Waals surface area contributed by atoms with Crippen molar-refractivity contribution >= 4 is 16.9 Å². The van der Waals surface area contributed by atoms with E-state index in [1.54, 1.807) is 17.2 Å². The highest BCUT2D eigenvalue weighted by Gasteiger charge is 2.31. The first kappa shape index (κ1) is 17.9. The molecule has 1 aliphatic rings. The maximum atomic E-state index is 12.5. The molecule has 0 aromatic carbocycles. The topological polar surface area (TPSA) is 59.5 Å². The van der Waals surface area contributed by atoms with Gasteiger partial charge in [-0.3, -0.25) is 4.21 Å². The number of carbonyl (C=O) groups excluding carboxylic acids is 1. The second-order valence-corrected chi connectivity index (χ2v) is 8.45. The third-order valence-electron chi connectivity index (χ3n) is 3.72. The van der Waals surface area contributed by atoms with Crippen molar-refractivity contribution < 1.29 is 13.7 Å². The van der Waals surface area contributed by atoms with Gasteiger partial charge in [-0.1, -0.05) is 6.07 Å². The molecule has 0 N–H and O–H groups in total. The van der Waals surface area contributed by atoms with Crippen LogP contribution >= 0.6 is 0 Å². The van der Waals surface area contributed by atoms with E-state index >= 15 is 0 Å². The van der Waals surface area contributed by atoms with Crippen molar-refractivity contribution in [3.63, 3.8) is 0 Å². The van der Waals surface area contributed by atoms with Crippen molar-refractivity contribution in [2.24, 2.45) is 0 Å². The van der Waals surface area contributed by atoms with Crippen LogP contribution in [0.1, 0.15) is 45.6 Å². The van der Waals surface area contributed by atoms with Gasteiger partial charge < -0.3 is 9.64 Å². The lowest BCUT2D eigenvalue weighted by atomic mass is 10.0. The van der Waals surface area contributed by atoms with Crippen LogP contribution in [0.3, 0.4) is 0 Å². The Labute approximate surface area is 140 Å². The molecule has 1 fully saturated rings. The number of likely N-dealkylation sites (tertiary alicyclic amines) is 1. The van der Waals surface area contributed by atoms with Gasteiger partial charge in [0.1, 0.15) is 10.6 Å². The fourth-order valence-electron chi connectivity index (χ4n) is 2.58. The molecule has 1 saturated heterocycles. The fraction of sp³-hybridized carbons (Fsp3) is 0.647. The average molecular weight is 338 g/mol. The standard InChI is InChI=1S/C17H26N2O3S/c1-13-8-9-15(18-11-13)23(21)12-14-7-5-6-10-19(14)16(20)22-17(2,3)4/h8-9,11,14H,5-7,10,12H2,1-4H3/t14-,23-/m1/s1. The molecule has 0 aliphatic carbocycles. The summed E-state index contributed by atoms with van der Waals surface area (Å²) in [6.45, 7) is 8.19. The van der Waals surface area contributed by atoms with Gasteiger partial charge in [0.2, 0.25) is 0 Å². The number of amides is 1. The summed E-state index contributed by atoms with van der Waals surface area (Å²) < 4.78 is 18.0. The Balaban J connectivity index is 2.04. The van der Waals surface area contributed by atoms with Crippen LogP contribution in [0.15, 0.2) is 23.4 Å². The van der Waals surface area contributed by atoms with Gasteiger partial charge in [0.25, 0.3) is 0 Å². The van der Waals surface area contributed by atoms with Crippen LogP contribution in [-0.2, 0) is 15.5 Å². The normalized spacial score (nSPS) is 20.2. The molecule has 23 heavy (non-hydrogen) atoms. The Hall–Kier alpha value is -1.43. The molecule has 1 amide bonds. The monoisotopic (exact) mass is 338 g/mol. The highest BCUT2D eigenvalue weighted by atomic mass is 32.2. The molecule has 0 radical (unpaired) electrons. The smallest absolute Gasteiger partial charge is 0.410 e. The summed E-state index contributed by atoms with van der Waals surface area (Å²) in [7, 11) is -1.21. The maximum Gasteiger partial charge on any atom is 0.410 e. The summed E-state index contributed by atoms with van der Waals surface area (Å²) in [4.78, 5) is 18.4. The minimum absolute atomic E-state index is 0.0532. The molecule has 2 rings (SSSR count). The lowest BCUT2D eigenvalue weighted by molar-refractivity contribution is 0.0125. The first-order valence-electron chi connectivity index (χ1n) is 8.07. The van der Waals surface area contributed by atoms with E-state index < -0.39 is 16.4 Å². The fourth-order valence-corrected chi connectivity index (χ4v) is 3.84. The molecule has 1 aromatic rings. The molecule has 0 saturated carbocycles. The molecule has 0 spiro atoms. The lowest BCUT2D eigenvalue weighted by Crippen LogP contribution is -2.48. The van der Waals surface area contributed by atoms with Gasteiger partial charge in [-0.05, 0) is 58.6 Å². The van der Waals surface area contributed by atoms with Crippen molar-refractivity contribution in [2.75, 3.05) is 12.3 Å². The van der Waals surface area contributed by atoms with Gasteiger partial charge in [0, 0.05) is 18.8 Å². The number of aromatic nitrogens is 1. The van der Waals surface area contributed by atoms with E-state index in [1.165, 1.54) is 0 Å². The number of hydrogen-bond donors (Lipinski definition) is 0. The van der Waals surface area contributed by atoms with Crippen LogP contribution in [0.4, 0.5) is 4.79 Å². The van der Waals surface area contributed by atoms with E-state index in [2.05, 4.69) is 4.98 Å². The van der Waals surface area contributed by atoms with Gasteiger partial charge in [-0.2, -0.15) is 0 Å². The van der Waals surface area contributed by atoms with Crippen molar-refractivity contribution in [3.8, 4) is 0 Å². The predicted molar refractivity (Wildman–Crippen MR) is 90.8 cm³/mol. The number of pyridine rings is 1. The molecule has 128 valence electrons. The number of carbonyl (C=O) groups is 1. The van der Waals surface area contributed by atoms with Crippen LogP contribution in [-0.4, -0.2) is 44.1 Å². The van der Waals surface area contributed by atoms with Crippen molar-refractivity contribution in [1.82, 2.24) is 9.88 Å². The van der Waals surface area contributed by atoms with Crippen LogP contribution in [0.5, 0.6) is 0 Å². The molecule has 1 aromatic heterocycles. The zero-order valence-corrected chi connectivity index (χ0v) is 15.2. The highest BCUT2D eigenvalue weighted by Crippen LogP contribution is 2.22. The Morgan fingerprint density at radius 2 is 2.13 bits per heavy atom. The molecule has 0 bridgehead atoms. The maximum absolute atomic E-state index is 12.5. The molecule has 1 aliphatic heterocycles. The molecular formula is C17H26N2O3S. The lowest BCUT2D eigenvalue weighted by Gasteiger charge is -2.36. The van der Waals surface area contributed by atoms with Crippen LogP contribution in [0.2, 0.25) is 0 Å². The van der Waals surface area contributed by atoms with E-state index in [0.717, 1.165) is 24.8 Å². The number of ether oxygens (including phenoxy) is 1. The zero-order valence-electron chi connectivity index (χ0n) is 14.4. The largest absolute Gasteiger partial charge is 0.444 e. The number of piperidine rings is 1. The Morgan fingerprint density at radius 3 is 2.74 bits per heavy atom. The van der Waals surface area contributed by atoms with Crippen LogP contribution in [0, 0.1) is 6.92 Å². The van der Waals surface area contributed by atoms with Crippen LogP contribution < -0.4 is 0 Å². The summed E-state index contributed by atoms with van der Waals surface area (Å²) in [5, 5.41) is 0.574. The second-order valence-electron chi connectivity index (χ2n) is 7.01. The number of hydrogen-bond acceptors (Lipinski definition) is 4. The van der Waals surface area contributed by atoms with Gasteiger partial charge in [-0.25, -0.2) is 9.78 Å². The van der Waals surface area contributed by atoms with E-state index in [-0.39, 0.29) is 12.1 Å². The Morgan fingerprint density at radius 1 is 1.39 bits per heavy atom. The Kier molecular flexibility index (Phi) is 5.79. The van der Waals surface area contributed by atoms with Crippen molar-refractivity contribution in [3.05, 3.63) is 23.9 Å². The van der Waals surface area contributed by atoms with E-state index in [9.17, 15) is 9.00 Å². The van der Waals surface area contributed by atoms with Crippen molar-refractivity contribution in [1.29, 1.82) is 0 Å². The first-order chi connectivity index (χ1) is 10.8. The Bertz CT molecular complexity index is 566. The van der Waals surface area contributed by atoms with Gasteiger partial charge in [-0.15, -0.1) is 0 Å². The average Bonchev–Trinajstić information content (AvgIpc) is 2.46. The highest BCUT2D eigenvalue weighted by molar-refractivity contribution is 7.85. The SMILES string of the molecule is Cc1ccc([S@](=O)C[C@H]2CCCCN2C(=O)OC(C)(C)C)nc1. The second kappa shape index (κ2) is 7.43. The third-order valence-corrected chi connectivity index (χ3v) is 5.11. The molecule has 2 heterocycles. The minimum atomic E-state index is -1.21. The first-order valence-corrected chi connectivity index (χ1v) is 9.39. The number of nitrogens with zero attached hydrogens (tertiary/aromatic N) is 2. The third kappa shape index (κ3) is 5.30. The van der Waals surface area contributed by atoms with E-state index in [1.807, 2.05) is 33.8 Å². The minimum Gasteiger partial charge on any atom is -0.444 e. The molecular weight excluding hydrogens is 312 g/mol. The van der Waals surface area contributed by atoms with E-state index in [0.29, 0.717) is 17.3 Å². The molecule has 5 nitrogen and oxygen atoms in total.